The number of halogens is 2. The van der Waals surface area contributed by atoms with Gasteiger partial charge in [0.15, 0.2) is 12.4 Å². The molecule has 0 amide bonds. The Morgan fingerprint density at radius 2 is 1.20 bits per heavy atom. The highest BCUT2D eigenvalue weighted by Gasteiger charge is 2.04. The molecule has 114 valence electrons. The van der Waals surface area contributed by atoms with Crippen LogP contribution < -0.4 is 4.57 Å². The van der Waals surface area contributed by atoms with Gasteiger partial charge >= 0.3 is 0 Å². The van der Waals surface area contributed by atoms with Crippen LogP contribution in [0.25, 0.3) is 0 Å². The van der Waals surface area contributed by atoms with Crippen molar-refractivity contribution in [3.05, 3.63) is 28.5 Å². The van der Waals surface area contributed by atoms with Crippen LogP contribution in [0.3, 0.4) is 0 Å². The number of aryl methyl sites for hydroxylation is 1. The molecule has 0 saturated heterocycles. The SMILES string of the molecule is CCCCCCCCCCCC[n+]1cc(Cl)cc(Cl)c1. The molecule has 0 spiro atoms. The summed E-state index contributed by atoms with van der Waals surface area (Å²) in [7, 11) is 0. The number of pyridine rings is 1. The van der Waals surface area contributed by atoms with Crippen molar-refractivity contribution in [1.82, 2.24) is 0 Å². The maximum absolute atomic E-state index is 5.98. The fourth-order valence-corrected chi connectivity index (χ4v) is 3.01. The maximum atomic E-state index is 5.98. The average Bonchev–Trinajstić information content (AvgIpc) is 2.40. The highest BCUT2D eigenvalue weighted by Crippen LogP contribution is 2.13. The third-order valence-corrected chi connectivity index (χ3v) is 4.04. The van der Waals surface area contributed by atoms with Crippen molar-refractivity contribution in [2.75, 3.05) is 0 Å². The molecular weight excluding hydrogens is 289 g/mol. The number of hydrogen-bond donors (Lipinski definition) is 0. The molecule has 0 aliphatic carbocycles. The molecule has 1 nitrogen and oxygen atoms in total. The van der Waals surface area contributed by atoms with E-state index in [0.29, 0.717) is 10.0 Å². The minimum Gasteiger partial charge on any atom is -0.202 e. The fourth-order valence-electron chi connectivity index (χ4n) is 2.47. The van der Waals surface area contributed by atoms with Crippen LogP contribution in [0, 0.1) is 0 Å². The van der Waals surface area contributed by atoms with Gasteiger partial charge in [-0.1, -0.05) is 81.5 Å². The van der Waals surface area contributed by atoms with E-state index >= 15 is 0 Å². The van der Waals surface area contributed by atoms with Crippen molar-refractivity contribution in [2.45, 2.75) is 77.7 Å². The van der Waals surface area contributed by atoms with E-state index in [2.05, 4.69) is 11.5 Å². The summed E-state index contributed by atoms with van der Waals surface area (Å²) in [5.41, 5.74) is 0. The van der Waals surface area contributed by atoms with Gasteiger partial charge in [0.2, 0.25) is 0 Å². The largest absolute Gasteiger partial charge is 0.202 e. The number of aromatic nitrogens is 1. The van der Waals surface area contributed by atoms with E-state index in [-0.39, 0.29) is 0 Å². The van der Waals surface area contributed by atoms with Crippen molar-refractivity contribution in [1.29, 1.82) is 0 Å². The van der Waals surface area contributed by atoms with Gasteiger partial charge < -0.3 is 0 Å². The van der Waals surface area contributed by atoms with Gasteiger partial charge in [0.25, 0.3) is 0 Å². The molecule has 20 heavy (non-hydrogen) atoms. The molecule has 1 aromatic heterocycles. The smallest absolute Gasteiger partial charge is 0.187 e. The van der Waals surface area contributed by atoms with Gasteiger partial charge in [0, 0.05) is 6.42 Å². The van der Waals surface area contributed by atoms with Crippen molar-refractivity contribution in [3.63, 3.8) is 0 Å². The first-order chi connectivity index (χ1) is 9.72. The summed E-state index contributed by atoms with van der Waals surface area (Å²) in [6.45, 7) is 3.28. The van der Waals surface area contributed by atoms with Gasteiger partial charge in [0.05, 0.1) is 0 Å². The van der Waals surface area contributed by atoms with Crippen LogP contribution >= 0.6 is 23.2 Å². The summed E-state index contributed by atoms with van der Waals surface area (Å²) in [5.74, 6) is 0. The Labute approximate surface area is 134 Å². The Bertz CT molecular complexity index is 346. The molecule has 0 unspecified atom stereocenters. The zero-order chi connectivity index (χ0) is 14.6. The summed E-state index contributed by atoms with van der Waals surface area (Å²) in [4.78, 5) is 0. The summed E-state index contributed by atoms with van der Waals surface area (Å²) >= 11 is 12.0. The lowest BCUT2D eigenvalue weighted by atomic mass is 10.1. The van der Waals surface area contributed by atoms with Gasteiger partial charge in [-0.3, -0.25) is 0 Å². The first-order valence-corrected chi connectivity index (χ1v) is 8.83. The third-order valence-electron chi connectivity index (χ3n) is 3.62. The molecule has 0 N–H and O–H groups in total. The standard InChI is InChI=1S/C17H28Cl2N/c1-2-3-4-5-6-7-8-9-10-11-12-20-14-16(18)13-17(19)15-20/h13-15H,2-12H2,1H3/q+1. The second-order valence-electron chi connectivity index (χ2n) is 5.59. The van der Waals surface area contributed by atoms with Crippen LogP contribution in [-0.4, -0.2) is 0 Å². The highest BCUT2D eigenvalue weighted by atomic mass is 35.5. The molecule has 0 radical (unpaired) electrons. The molecule has 0 bridgehead atoms. The first-order valence-electron chi connectivity index (χ1n) is 8.07. The zero-order valence-electron chi connectivity index (χ0n) is 12.7. The van der Waals surface area contributed by atoms with Crippen molar-refractivity contribution in [2.24, 2.45) is 0 Å². The lowest BCUT2D eigenvalue weighted by Crippen LogP contribution is -2.32. The van der Waals surface area contributed by atoms with Crippen LogP contribution in [0.1, 0.15) is 71.1 Å². The Balaban J connectivity index is 1.97. The summed E-state index contributed by atoms with van der Waals surface area (Å²) in [5, 5.41) is 1.43. The fraction of sp³-hybridized carbons (Fsp3) is 0.706. The molecule has 1 rings (SSSR count). The normalized spacial score (nSPS) is 10.9. The summed E-state index contributed by atoms with van der Waals surface area (Å²) in [6, 6.07) is 1.78. The van der Waals surface area contributed by atoms with E-state index in [1.165, 1.54) is 64.2 Å². The van der Waals surface area contributed by atoms with Gasteiger partial charge in [-0.25, -0.2) is 4.57 Å². The predicted molar refractivity (Wildman–Crippen MR) is 88.5 cm³/mol. The maximum Gasteiger partial charge on any atom is 0.187 e. The minimum atomic E-state index is 0.713. The second kappa shape index (κ2) is 11.4. The molecular formula is C17H28Cl2N+. The Morgan fingerprint density at radius 3 is 1.70 bits per heavy atom. The third kappa shape index (κ3) is 8.81. The topological polar surface area (TPSA) is 3.88 Å². The van der Waals surface area contributed by atoms with Crippen molar-refractivity contribution in [3.8, 4) is 0 Å². The molecule has 0 aliphatic rings. The van der Waals surface area contributed by atoms with Gasteiger partial charge in [-0.05, 0) is 12.5 Å². The van der Waals surface area contributed by atoms with Gasteiger partial charge in [-0.2, -0.15) is 0 Å². The van der Waals surface area contributed by atoms with Crippen LogP contribution in [0.4, 0.5) is 0 Å². The first kappa shape index (κ1) is 17.8. The number of unbranched alkanes of at least 4 members (excludes halogenated alkanes) is 9. The van der Waals surface area contributed by atoms with E-state index in [1.54, 1.807) is 6.07 Å². The van der Waals surface area contributed by atoms with Crippen molar-refractivity contribution < 1.29 is 4.57 Å². The van der Waals surface area contributed by atoms with E-state index < -0.39 is 0 Å². The van der Waals surface area contributed by atoms with Crippen LogP contribution in [0.15, 0.2) is 18.5 Å². The van der Waals surface area contributed by atoms with Crippen LogP contribution in [0.5, 0.6) is 0 Å². The molecule has 0 aliphatic heterocycles. The summed E-state index contributed by atoms with van der Waals surface area (Å²) in [6.07, 6.45) is 17.5. The van der Waals surface area contributed by atoms with E-state index in [1.807, 2.05) is 12.4 Å². The molecule has 3 heteroatoms. The minimum absolute atomic E-state index is 0.713. The monoisotopic (exact) mass is 316 g/mol. The molecule has 0 atom stereocenters. The second-order valence-corrected chi connectivity index (χ2v) is 6.46. The number of nitrogens with zero attached hydrogens (tertiary/aromatic N) is 1. The number of rotatable bonds is 11. The van der Waals surface area contributed by atoms with E-state index in [4.69, 9.17) is 23.2 Å². The predicted octanol–water partition coefficient (Wildman–Crippen LogP) is 6.20. The van der Waals surface area contributed by atoms with E-state index in [9.17, 15) is 0 Å². The number of hydrogen-bond acceptors (Lipinski definition) is 0. The summed E-state index contributed by atoms with van der Waals surface area (Å²) < 4.78 is 2.09. The van der Waals surface area contributed by atoms with Crippen LogP contribution in [-0.2, 0) is 6.54 Å². The Kier molecular flexibility index (Phi) is 10.1. The zero-order valence-corrected chi connectivity index (χ0v) is 14.2. The van der Waals surface area contributed by atoms with Gasteiger partial charge in [-0.15, -0.1) is 0 Å². The Morgan fingerprint density at radius 1 is 0.750 bits per heavy atom. The quantitative estimate of drug-likeness (QED) is 0.338. The lowest BCUT2D eigenvalue weighted by Gasteiger charge is -2.01. The van der Waals surface area contributed by atoms with Crippen molar-refractivity contribution >= 4 is 23.2 Å². The lowest BCUT2D eigenvalue weighted by molar-refractivity contribution is -0.697. The van der Waals surface area contributed by atoms with E-state index in [0.717, 1.165) is 6.54 Å². The molecule has 1 heterocycles. The molecule has 0 saturated carbocycles. The molecule has 0 aromatic carbocycles. The highest BCUT2D eigenvalue weighted by molar-refractivity contribution is 6.34. The molecule has 1 aromatic rings. The average molecular weight is 317 g/mol. The van der Waals surface area contributed by atoms with Crippen LogP contribution in [0.2, 0.25) is 10.0 Å². The Hall–Kier alpha value is -0.270. The van der Waals surface area contributed by atoms with Gasteiger partial charge in [0.1, 0.15) is 16.6 Å². The molecule has 0 fully saturated rings.